The van der Waals surface area contributed by atoms with Crippen molar-refractivity contribution in [3.8, 4) is 0 Å². The maximum Gasteiger partial charge on any atom is 0.167 e. The van der Waals surface area contributed by atoms with Crippen LogP contribution < -0.4 is 10.4 Å². The van der Waals surface area contributed by atoms with E-state index in [1.165, 1.54) is 0 Å². The smallest absolute Gasteiger partial charge is 0.167 e. The summed E-state index contributed by atoms with van der Waals surface area (Å²) in [6.45, 7) is 0. The van der Waals surface area contributed by atoms with E-state index in [0.29, 0.717) is 6.42 Å². The molecule has 90 valence electrons. The van der Waals surface area contributed by atoms with Gasteiger partial charge in [-0.2, -0.15) is 10.2 Å². The molecule has 4 rings (SSSR count). The third kappa shape index (κ3) is 1.41. The summed E-state index contributed by atoms with van der Waals surface area (Å²) in [5.74, 6) is 0.155. The number of allylic oxidation sites excluding steroid dienone is 1. The summed E-state index contributed by atoms with van der Waals surface area (Å²) in [7, 11) is 0. The summed E-state index contributed by atoms with van der Waals surface area (Å²) in [5, 5.41) is 12.2. The van der Waals surface area contributed by atoms with Gasteiger partial charge in [-0.1, -0.05) is 30.4 Å². The Hall–Kier alpha value is -2.55. The van der Waals surface area contributed by atoms with Gasteiger partial charge in [0.05, 0.1) is 5.69 Å². The first-order valence-electron chi connectivity index (χ1n) is 6.21. The predicted octanol–water partition coefficient (Wildman–Crippen LogP) is 2.60. The van der Waals surface area contributed by atoms with E-state index in [9.17, 15) is 4.79 Å². The molecule has 0 fully saturated rings. The lowest BCUT2D eigenvalue weighted by Gasteiger charge is -2.12. The molecule has 0 atom stereocenters. The standard InChI is InChI=1S/C16H10N2O/c19-14-7-6-10-3-1-4-11-9-13-12(16(14)15(10)11)5-2-8-17-18-13/h1-6,8-9H,7H2. The molecular weight excluding hydrogens is 236 g/mol. The molecule has 1 heterocycles. The number of hydrogen-bond acceptors (Lipinski definition) is 3. The van der Waals surface area contributed by atoms with Crippen molar-refractivity contribution in [3.63, 3.8) is 0 Å². The van der Waals surface area contributed by atoms with Gasteiger partial charge in [0.1, 0.15) is 0 Å². The van der Waals surface area contributed by atoms with Crippen LogP contribution in [-0.4, -0.2) is 5.78 Å². The molecule has 3 nitrogen and oxygen atoms in total. The predicted molar refractivity (Wildman–Crippen MR) is 74.7 cm³/mol. The molecule has 0 N–H and O–H groups in total. The largest absolute Gasteiger partial charge is 0.294 e. The van der Waals surface area contributed by atoms with Gasteiger partial charge in [-0.3, -0.25) is 4.79 Å². The number of hydrogen-bond donors (Lipinski definition) is 0. The number of azo groups is 1. The van der Waals surface area contributed by atoms with E-state index in [2.05, 4.69) is 16.3 Å². The lowest BCUT2D eigenvalue weighted by atomic mass is 9.91. The van der Waals surface area contributed by atoms with Crippen LogP contribution in [0.3, 0.4) is 0 Å². The van der Waals surface area contributed by atoms with Crippen molar-refractivity contribution in [2.24, 2.45) is 10.2 Å². The fraction of sp³-hybridized carbons (Fsp3) is 0.0625. The van der Waals surface area contributed by atoms with Crippen LogP contribution in [0.15, 0.2) is 46.8 Å². The number of benzene rings is 2. The zero-order valence-corrected chi connectivity index (χ0v) is 10.1. The van der Waals surface area contributed by atoms with Gasteiger partial charge < -0.3 is 0 Å². The van der Waals surface area contributed by atoms with Crippen LogP contribution in [-0.2, 0) is 0 Å². The van der Waals surface area contributed by atoms with Gasteiger partial charge in [-0.25, -0.2) is 0 Å². The van der Waals surface area contributed by atoms with Crippen LogP contribution in [0.5, 0.6) is 0 Å². The van der Waals surface area contributed by atoms with Crippen molar-refractivity contribution >= 4 is 34.4 Å². The summed E-state index contributed by atoms with van der Waals surface area (Å²) in [5.41, 5.74) is 1.55. The van der Waals surface area contributed by atoms with Crippen molar-refractivity contribution in [2.45, 2.75) is 6.42 Å². The highest BCUT2D eigenvalue weighted by molar-refractivity contribution is 6.13. The molecule has 0 amide bonds. The van der Waals surface area contributed by atoms with Gasteiger partial charge in [-0.15, -0.1) is 0 Å². The maximum atomic E-state index is 12.3. The van der Waals surface area contributed by atoms with E-state index in [4.69, 9.17) is 0 Å². The van der Waals surface area contributed by atoms with E-state index in [1.54, 1.807) is 6.20 Å². The third-order valence-corrected chi connectivity index (χ3v) is 3.58. The number of rotatable bonds is 0. The first kappa shape index (κ1) is 10.4. The minimum absolute atomic E-state index is 0.155. The Balaban J connectivity index is 2.34. The first-order valence-corrected chi connectivity index (χ1v) is 6.21. The minimum Gasteiger partial charge on any atom is -0.294 e. The molecule has 2 aromatic rings. The Kier molecular flexibility index (Phi) is 2.03. The molecule has 0 spiro atoms. The molecule has 0 radical (unpaired) electrons. The molecule has 2 aliphatic rings. The molecule has 3 heteroatoms. The normalized spacial score (nSPS) is 15.7. The van der Waals surface area contributed by atoms with Crippen LogP contribution in [0.4, 0.5) is 5.69 Å². The lowest BCUT2D eigenvalue weighted by Crippen LogP contribution is -2.23. The summed E-state index contributed by atoms with van der Waals surface area (Å²) in [4.78, 5) is 12.3. The molecule has 0 aromatic heterocycles. The first-order chi connectivity index (χ1) is 9.34. The SMILES string of the molecule is O=C1CC=c2cccc3cc4c(c1c23)=CC=CN=N4. The molecule has 1 aliphatic carbocycles. The highest BCUT2D eigenvalue weighted by Gasteiger charge is 2.18. The fourth-order valence-corrected chi connectivity index (χ4v) is 2.77. The van der Waals surface area contributed by atoms with Gasteiger partial charge in [0.15, 0.2) is 5.78 Å². The average Bonchev–Trinajstić information content (AvgIpc) is 2.67. The van der Waals surface area contributed by atoms with Gasteiger partial charge in [0.2, 0.25) is 0 Å². The average molecular weight is 246 g/mol. The second-order valence-electron chi connectivity index (χ2n) is 4.68. The van der Waals surface area contributed by atoms with Crippen molar-refractivity contribution in [3.05, 3.63) is 52.5 Å². The quantitative estimate of drug-likeness (QED) is 0.704. The Bertz CT molecular complexity index is 904. The Labute approximate surface area is 109 Å². The molecule has 0 saturated heterocycles. The van der Waals surface area contributed by atoms with E-state index in [1.807, 2.05) is 36.4 Å². The van der Waals surface area contributed by atoms with Gasteiger partial charge >= 0.3 is 0 Å². The fourth-order valence-electron chi connectivity index (χ4n) is 2.77. The second-order valence-corrected chi connectivity index (χ2v) is 4.68. The van der Waals surface area contributed by atoms with Crippen LogP contribution in [0.2, 0.25) is 0 Å². The van der Waals surface area contributed by atoms with Crippen LogP contribution in [0, 0.1) is 0 Å². The zero-order valence-electron chi connectivity index (χ0n) is 10.1. The maximum absolute atomic E-state index is 12.3. The molecule has 0 bridgehead atoms. The molecule has 2 aromatic carbocycles. The number of ketones is 1. The van der Waals surface area contributed by atoms with Gasteiger partial charge in [0.25, 0.3) is 0 Å². The van der Waals surface area contributed by atoms with E-state index < -0.39 is 0 Å². The molecule has 0 unspecified atom stereocenters. The summed E-state index contributed by atoms with van der Waals surface area (Å²) >= 11 is 0. The van der Waals surface area contributed by atoms with E-state index in [0.717, 1.165) is 32.5 Å². The summed E-state index contributed by atoms with van der Waals surface area (Å²) in [6, 6.07) is 8.08. The summed E-state index contributed by atoms with van der Waals surface area (Å²) in [6.07, 6.45) is 7.84. The van der Waals surface area contributed by atoms with E-state index in [-0.39, 0.29) is 5.78 Å². The van der Waals surface area contributed by atoms with Crippen LogP contribution in [0.1, 0.15) is 16.8 Å². The Morgan fingerprint density at radius 3 is 3.11 bits per heavy atom. The van der Waals surface area contributed by atoms with Crippen molar-refractivity contribution < 1.29 is 4.79 Å². The lowest BCUT2D eigenvalue weighted by molar-refractivity contribution is 0.0999. The number of fused-ring (bicyclic) bond motifs is 2. The zero-order chi connectivity index (χ0) is 12.8. The topological polar surface area (TPSA) is 41.8 Å². The molecular formula is C16H10N2O. The molecule has 19 heavy (non-hydrogen) atoms. The van der Waals surface area contributed by atoms with Crippen LogP contribution in [0.25, 0.3) is 22.9 Å². The molecule has 1 aliphatic heterocycles. The number of carbonyl (C=O) groups excluding carboxylic acids is 1. The number of Topliss-reactive ketones (excluding diaryl/α,β-unsaturated/α-hetero) is 1. The number of carbonyl (C=O) groups is 1. The van der Waals surface area contributed by atoms with E-state index >= 15 is 0 Å². The van der Waals surface area contributed by atoms with Gasteiger partial charge in [0, 0.05) is 28.8 Å². The summed E-state index contributed by atoms with van der Waals surface area (Å²) < 4.78 is 0. The Morgan fingerprint density at radius 1 is 1.21 bits per heavy atom. The highest BCUT2D eigenvalue weighted by Crippen LogP contribution is 2.23. The van der Waals surface area contributed by atoms with Crippen LogP contribution >= 0.6 is 0 Å². The third-order valence-electron chi connectivity index (χ3n) is 3.58. The Morgan fingerprint density at radius 2 is 2.16 bits per heavy atom. The second kappa shape index (κ2) is 3.72. The number of nitrogens with zero attached hydrogens (tertiary/aromatic N) is 2. The minimum atomic E-state index is 0.155. The van der Waals surface area contributed by atoms with Crippen molar-refractivity contribution in [1.82, 2.24) is 0 Å². The molecule has 0 saturated carbocycles. The monoisotopic (exact) mass is 246 g/mol. The van der Waals surface area contributed by atoms with Crippen molar-refractivity contribution in [1.29, 1.82) is 0 Å². The van der Waals surface area contributed by atoms with Crippen molar-refractivity contribution in [2.75, 3.05) is 0 Å². The highest BCUT2D eigenvalue weighted by atomic mass is 16.1. The van der Waals surface area contributed by atoms with Gasteiger partial charge in [-0.05, 0) is 22.7 Å².